The second kappa shape index (κ2) is 3.89. The topological polar surface area (TPSA) is 26.0 Å². The molecule has 86 valence electrons. The highest BCUT2D eigenvalue weighted by atomic mass is 19.3. The lowest BCUT2D eigenvalue weighted by molar-refractivity contribution is -0.00602. The largest absolute Gasteiger partial charge is 0.398 e. The minimum atomic E-state index is -2.54. The summed E-state index contributed by atoms with van der Waals surface area (Å²) >= 11 is 0. The van der Waals surface area contributed by atoms with Crippen molar-refractivity contribution in [3.63, 3.8) is 0 Å². The SMILES string of the molecule is Cc1cccc(C2=CCC(F)(F)CC2)c1N. The van der Waals surface area contributed by atoms with Gasteiger partial charge in [0.1, 0.15) is 0 Å². The summed E-state index contributed by atoms with van der Waals surface area (Å²) in [5.41, 5.74) is 9.52. The lowest BCUT2D eigenvalue weighted by Crippen LogP contribution is -2.18. The third kappa shape index (κ3) is 2.08. The van der Waals surface area contributed by atoms with Crippen LogP contribution in [0.2, 0.25) is 0 Å². The molecule has 0 heterocycles. The fourth-order valence-corrected chi connectivity index (χ4v) is 2.00. The van der Waals surface area contributed by atoms with Gasteiger partial charge in [-0.2, -0.15) is 0 Å². The highest BCUT2D eigenvalue weighted by Gasteiger charge is 2.31. The van der Waals surface area contributed by atoms with E-state index in [4.69, 9.17) is 5.73 Å². The minimum absolute atomic E-state index is 0.0772. The van der Waals surface area contributed by atoms with E-state index in [1.807, 2.05) is 25.1 Å². The van der Waals surface area contributed by atoms with Crippen molar-refractivity contribution < 1.29 is 8.78 Å². The van der Waals surface area contributed by atoms with Gasteiger partial charge in [0.15, 0.2) is 0 Å². The van der Waals surface area contributed by atoms with Gasteiger partial charge >= 0.3 is 0 Å². The summed E-state index contributed by atoms with van der Waals surface area (Å²) in [4.78, 5) is 0. The monoisotopic (exact) mass is 223 g/mol. The fraction of sp³-hybridized carbons (Fsp3) is 0.385. The van der Waals surface area contributed by atoms with Crippen molar-refractivity contribution in [2.45, 2.75) is 32.1 Å². The average molecular weight is 223 g/mol. The van der Waals surface area contributed by atoms with E-state index in [2.05, 4.69) is 0 Å². The molecule has 0 aromatic heterocycles. The van der Waals surface area contributed by atoms with Gasteiger partial charge in [0.2, 0.25) is 0 Å². The number of hydrogen-bond acceptors (Lipinski definition) is 1. The number of aryl methyl sites for hydroxylation is 1. The Kier molecular flexibility index (Phi) is 2.70. The van der Waals surface area contributed by atoms with Crippen molar-refractivity contribution in [2.24, 2.45) is 0 Å². The number of benzene rings is 1. The molecule has 16 heavy (non-hydrogen) atoms. The van der Waals surface area contributed by atoms with Crippen molar-refractivity contribution in [1.82, 2.24) is 0 Å². The van der Waals surface area contributed by atoms with Crippen LogP contribution in [0.25, 0.3) is 5.57 Å². The Labute approximate surface area is 94.0 Å². The van der Waals surface area contributed by atoms with Gasteiger partial charge in [0.05, 0.1) is 0 Å². The first-order valence-electron chi connectivity index (χ1n) is 5.42. The van der Waals surface area contributed by atoms with Gasteiger partial charge < -0.3 is 5.73 Å². The van der Waals surface area contributed by atoms with E-state index in [1.54, 1.807) is 6.08 Å². The average Bonchev–Trinajstić information content (AvgIpc) is 2.23. The van der Waals surface area contributed by atoms with Crippen LogP contribution in [0.4, 0.5) is 14.5 Å². The van der Waals surface area contributed by atoms with Gasteiger partial charge in [-0.15, -0.1) is 0 Å². The Hall–Kier alpha value is -1.38. The van der Waals surface area contributed by atoms with E-state index >= 15 is 0 Å². The maximum Gasteiger partial charge on any atom is 0.251 e. The second-order valence-corrected chi connectivity index (χ2v) is 4.33. The summed E-state index contributed by atoms with van der Waals surface area (Å²) in [5, 5.41) is 0. The normalized spacial score (nSPS) is 19.3. The lowest BCUT2D eigenvalue weighted by Gasteiger charge is -2.22. The van der Waals surface area contributed by atoms with Crippen LogP contribution in [0.3, 0.4) is 0 Å². The summed E-state index contributed by atoms with van der Waals surface area (Å²) < 4.78 is 26.0. The Morgan fingerprint density at radius 2 is 2.06 bits per heavy atom. The van der Waals surface area contributed by atoms with Gasteiger partial charge in [-0.1, -0.05) is 24.3 Å². The van der Waals surface area contributed by atoms with Crippen LogP contribution in [0.1, 0.15) is 30.4 Å². The number of halogens is 2. The molecule has 0 spiro atoms. The second-order valence-electron chi connectivity index (χ2n) is 4.33. The Bertz CT molecular complexity index is 436. The standard InChI is InChI=1S/C13H15F2N/c1-9-3-2-4-11(12(9)16)10-5-7-13(14,15)8-6-10/h2-5H,6-8,16H2,1H3. The Balaban J connectivity index is 2.33. The molecule has 1 nitrogen and oxygen atoms in total. The van der Waals surface area contributed by atoms with Gasteiger partial charge in [-0.25, -0.2) is 8.78 Å². The van der Waals surface area contributed by atoms with E-state index < -0.39 is 5.92 Å². The van der Waals surface area contributed by atoms with Crippen LogP contribution < -0.4 is 5.73 Å². The van der Waals surface area contributed by atoms with E-state index in [-0.39, 0.29) is 12.8 Å². The summed E-state index contributed by atoms with van der Waals surface area (Å²) in [6, 6.07) is 5.74. The first-order chi connectivity index (χ1) is 7.49. The molecule has 2 N–H and O–H groups in total. The fourth-order valence-electron chi connectivity index (χ4n) is 2.00. The number of allylic oxidation sites excluding steroid dienone is 2. The molecule has 1 aliphatic rings. The molecule has 0 amide bonds. The Morgan fingerprint density at radius 1 is 1.31 bits per heavy atom. The molecule has 0 atom stereocenters. The number of rotatable bonds is 1. The molecule has 0 bridgehead atoms. The maximum atomic E-state index is 13.0. The van der Waals surface area contributed by atoms with Crippen LogP contribution in [-0.4, -0.2) is 5.92 Å². The molecule has 0 saturated carbocycles. The molecule has 0 radical (unpaired) electrons. The number of nitrogen functional groups attached to an aromatic ring is 1. The Morgan fingerprint density at radius 3 is 2.69 bits per heavy atom. The van der Waals surface area contributed by atoms with Crippen LogP contribution in [0, 0.1) is 6.92 Å². The van der Waals surface area contributed by atoms with Crippen LogP contribution >= 0.6 is 0 Å². The van der Waals surface area contributed by atoms with Crippen molar-refractivity contribution >= 4 is 11.3 Å². The molecule has 1 aromatic carbocycles. The van der Waals surface area contributed by atoms with Gasteiger partial charge in [-0.05, 0) is 24.5 Å². The highest BCUT2D eigenvalue weighted by Crippen LogP contribution is 2.38. The maximum absolute atomic E-state index is 13.0. The molecule has 2 rings (SSSR count). The number of hydrogen-bond donors (Lipinski definition) is 1. The zero-order valence-corrected chi connectivity index (χ0v) is 9.26. The van der Waals surface area contributed by atoms with Crippen LogP contribution in [-0.2, 0) is 0 Å². The number of alkyl halides is 2. The van der Waals surface area contributed by atoms with E-state index in [0.29, 0.717) is 12.1 Å². The van der Waals surface area contributed by atoms with E-state index in [1.165, 1.54) is 0 Å². The van der Waals surface area contributed by atoms with E-state index in [9.17, 15) is 8.78 Å². The molecule has 0 unspecified atom stereocenters. The van der Waals surface area contributed by atoms with Gasteiger partial charge in [0, 0.05) is 24.1 Å². The summed E-state index contributed by atoms with van der Waals surface area (Å²) in [6.45, 7) is 1.93. The smallest absolute Gasteiger partial charge is 0.251 e. The van der Waals surface area contributed by atoms with Crippen molar-refractivity contribution in [3.05, 3.63) is 35.4 Å². The van der Waals surface area contributed by atoms with Crippen molar-refractivity contribution in [2.75, 3.05) is 5.73 Å². The number of nitrogens with two attached hydrogens (primary N) is 1. The van der Waals surface area contributed by atoms with Gasteiger partial charge in [-0.3, -0.25) is 0 Å². The van der Waals surface area contributed by atoms with E-state index in [0.717, 1.165) is 16.7 Å². The van der Waals surface area contributed by atoms with Crippen LogP contribution in [0.5, 0.6) is 0 Å². The molecule has 3 heteroatoms. The third-order valence-corrected chi connectivity index (χ3v) is 3.08. The zero-order valence-electron chi connectivity index (χ0n) is 9.26. The number of anilines is 1. The predicted octanol–water partition coefficient (Wildman–Crippen LogP) is 3.78. The molecule has 0 aliphatic heterocycles. The number of para-hydroxylation sites is 1. The zero-order chi connectivity index (χ0) is 11.8. The lowest BCUT2D eigenvalue weighted by atomic mass is 9.90. The van der Waals surface area contributed by atoms with Gasteiger partial charge in [0.25, 0.3) is 5.92 Å². The molecule has 0 saturated heterocycles. The minimum Gasteiger partial charge on any atom is -0.398 e. The highest BCUT2D eigenvalue weighted by molar-refractivity contribution is 5.77. The predicted molar refractivity (Wildman–Crippen MR) is 62.4 cm³/mol. The summed E-state index contributed by atoms with van der Waals surface area (Å²) in [6.07, 6.45) is 1.78. The summed E-state index contributed by atoms with van der Waals surface area (Å²) in [7, 11) is 0. The molecular weight excluding hydrogens is 208 g/mol. The quantitative estimate of drug-likeness (QED) is 0.720. The first kappa shape index (κ1) is 11.1. The van der Waals surface area contributed by atoms with Crippen LogP contribution in [0.15, 0.2) is 24.3 Å². The summed E-state index contributed by atoms with van der Waals surface area (Å²) in [5.74, 6) is -2.54. The third-order valence-electron chi connectivity index (χ3n) is 3.08. The first-order valence-corrected chi connectivity index (χ1v) is 5.42. The van der Waals surface area contributed by atoms with Crippen molar-refractivity contribution in [1.29, 1.82) is 0 Å². The molecule has 1 aliphatic carbocycles. The molecule has 1 aromatic rings. The molecular formula is C13H15F2N. The molecule has 0 fully saturated rings. The van der Waals surface area contributed by atoms with Crippen molar-refractivity contribution in [3.8, 4) is 0 Å².